The van der Waals surface area contributed by atoms with E-state index in [1.807, 2.05) is 0 Å². The van der Waals surface area contributed by atoms with Crippen LogP contribution >= 0.6 is 0 Å². The highest BCUT2D eigenvalue weighted by molar-refractivity contribution is 5.36. The third-order valence-electron chi connectivity index (χ3n) is 8.22. The van der Waals surface area contributed by atoms with E-state index in [1.165, 1.54) is 27.8 Å². The van der Waals surface area contributed by atoms with Gasteiger partial charge in [-0.2, -0.15) is 0 Å². The quantitative estimate of drug-likeness (QED) is 0.219. The Morgan fingerprint density at radius 2 is 0.763 bits per heavy atom. The number of nitrogens with zero attached hydrogens (tertiary/aromatic N) is 1. The second kappa shape index (κ2) is 11.6. The van der Waals surface area contributed by atoms with Gasteiger partial charge in [0.1, 0.15) is 0 Å². The molecule has 4 atom stereocenters. The van der Waals surface area contributed by atoms with Gasteiger partial charge in [0.15, 0.2) is 0 Å². The fourth-order valence-corrected chi connectivity index (χ4v) is 6.53. The van der Waals surface area contributed by atoms with Gasteiger partial charge in [-0.15, -0.1) is 0 Å². The maximum Gasteiger partial charge on any atom is 0.0423 e. The van der Waals surface area contributed by atoms with Gasteiger partial charge >= 0.3 is 0 Å². The van der Waals surface area contributed by atoms with Crippen LogP contribution < -0.4 is 0 Å². The number of rotatable bonds is 7. The molecule has 1 aliphatic heterocycles. The maximum absolute atomic E-state index is 2.83. The molecule has 0 radical (unpaired) electrons. The minimum Gasteiger partial charge on any atom is -0.288 e. The van der Waals surface area contributed by atoms with Crippen LogP contribution in [0.2, 0.25) is 0 Å². The van der Waals surface area contributed by atoms with Crippen molar-refractivity contribution in [1.82, 2.24) is 4.90 Å². The second-order valence-electron chi connectivity index (χ2n) is 10.5. The smallest absolute Gasteiger partial charge is 0.0423 e. The molecule has 1 nitrogen and oxygen atoms in total. The number of piperidine rings is 1. The summed E-state index contributed by atoms with van der Waals surface area (Å²) in [6.45, 7) is 0.996. The summed E-state index contributed by atoms with van der Waals surface area (Å²) >= 11 is 0. The Morgan fingerprint density at radius 1 is 0.421 bits per heavy atom. The van der Waals surface area contributed by atoms with Crippen LogP contribution in [0.25, 0.3) is 0 Å². The Labute approximate surface area is 227 Å². The van der Waals surface area contributed by atoms with Gasteiger partial charge in [-0.05, 0) is 40.7 Å². The van der Waals surface area contributed by atoms with Crippen molar-refractivity contribution in [3.8, 4) is 0 Å². The number of benzene rings is 5. The summed E-state index contributed by atoms with van der Waals surface area (Å²) in [5, 5.41) is 0. The summed E-state index contributed by atoms with van der Waals surface area (Å²) in [5.74, 6) is 0.777. The molecule has 0 bridgehead atoms. The van der Waals surface area contributed by atoms with Crippen LogP contribution in [0.4, 0.5) is 0 Å². The normalized spacial score (nSPS) is 21.7. The summed E-state index contributed by atoms with van der Waals surface area (Å²) in [4.78, 5) is 2.83. The first-order valence-corrected chi connectivity index (χ1v) is 13.9. The van der Waals surface area contributed by atoms with Crippen LogP contribution in [0.3, 0.4) is 0 Å². The minimum absolute atomic E-state index is 0.285. The molecule has 1 heteroatoms. The van der Waals surface area contributed by atoms with Crippen LogP contribution in [0.5, 0.6) is 0 Å². The molecule has 1 saturated heterocycles. The van der Waals surface area contributed by atoms with Crippen molar-refractivity contribution in [2.45, 2.75) is 36.8 Å². The molecule has 5 aromatic rings. The predicted octanol–water partition coefficient (Wildman–Crippen LogP) is 8.99. The van der Waals surface area contributed by atoms with Gasteiger partial charge in [0.2, 0.25) is 0 Å². The molecule has 0 spiro atoms. The lowest BCUT2D eigenvalue weighted by molar-refractivity contribution is 0.0476. The van der Waals surface area contributed by atoms with Gasteiger partial charge in [0.05, 0.1) is 0 Å². The second-order valence-corrected chi connectivity index (χ2v) is 10.5. The van der Waals surface area contributed by atoms with E-state index in [-0.39, 0.29) is 12.1 Å². The Morgan fingerprint density at radius 3 is 1.16 bits per heavy atom. The van der Waals surface area contributed by atoms with Gasteiger partial charge in [-0.1, -0.05) is 152 Å². The molecular weight excluding hydrogens is 458 g/mol. The number of likely N-dealkylation sites (tertiary alicyclic amines) is 1. The zero-order valence-electron chi connectivity index (χ0n) is 21.8. The number of hydrogen-bond donors (Lipinski definition) is 0. The van der Waals surface area contributed by atoms with Crippen LogP contribution in [0.1, 0.15) is 58.2 Å². The Kier molecular flexibility index (Phi) is 7.47. The van der Waals surface area contributed by atoms with E-state index in [9.17, 15) is 0 Å². The van der Waals surface area contributed by atoms with E-state index in [1.54, 1.807) is 0 Å². The van der Waals surface area contributed by atoms with Crippen LogP contribution in [-0.4, -0.2) is 11.4 Å². The van der Waals surface area contributed by atoms with Crippen molar-refractivity contribution in [3.05, 3.63) is 179 Å². The highest BCUT2D eigenvalue weighted by atomic mass is 15.2. The molecule has 38 heavy (non-hydrogen) atoms. The zero-order valence-corrected chi connectivity index (χ0v) is 21.8. The van der Waals surface area contributed by atoms with E-state index in [4.69, 9.17) is 0 Å². The first kappa shape index (κ1) is 24.4. The van der Waals surface area contributed by atoms with Gasteiger partial charge in [0, 0.05) is 30.5 Å². The minimum atomic E-state index is 0.285. The highest BCUT2D eigenvalue weighted by Gasteiger charge is 2.44. The molecule has 0 N–H and O–H groups in total. The lowest BCUT2D eigenvalue weighted by Gasteiger charge is -2.51. The average Bonchev–Trinajstić information content (AvgIpc) is 3.01. The van der Waals surface area contributed by atoms with E-state index < -0.39 is 0 Å². The van der Waals surface area contributed by atoms with Gasteiger partial charge in [-0.3, -0.25) is 4.90 Å². The van der Waals surface area contributed by atoms with Gasteiger partial charge in [0.25, 0.3) is 0 Å². The van der Waals surface area contributed by atoms with E-state index >= 15 is 0 Å². The van der Waals surface area contributed by atoms with Crippen LogP contribution in [0.15, 0.2) is 152 Å². The molecule has 0 amide bonds. The first-order chi connectivity index (χ1) is 18.9. The van der Waals surface area contributed by atoms with Crippen molar-refractivity contribution in [3.63, 3.8) is 0 Å². The molecule has 0 aromatic heterocycles. The molecule has 1 heterocycles. The lowest BCUT2D eigenvalue weighted by atomic mass is 9.69. The first-order valence-electron chi connectivity index (χ1n) is 13.9. The molecule has 1 aliphatic rings. The van der Waals surface area contributed by atoms with E-state index in [0.717, 1.165) is 19.4 Å². The van der Waals surface area contributed by atoms with Crippen molar-refractivity contribution in [2.75, 3.05) is 6.54 Å². The molecule has 1 fully saturated rings. The topological polar surface area (TPSA) is 3.24 Å². The molecular formula is C37H35N. The van der Waals surface area contributed by atoms with E-state index in [2.05, 4.69) is 157 Å². The average molecular weight is 494 g/mol. The zero-order chi connectivity index (χ0) is 25.6. The fourth-order valence-electron chi connectivity index (χ4n) is 6.53. The predicted molar refractivity (Wildman–Crippen MR) is 158 cm³/mol. The van der Waals surface area contributed by atoms with Crippen molar-refractivity contribution < 1.29 is 0 Å². The third kappa shape index (κ3) is 5.21. The third-order valence-corrected chi connectivity index (χ3v) is 8.22. The van der Waals surface area contributed by atoms with Crippen LogP contribution in [-0.2, 0) is 6.42 Å². The van der Waals surface area contributed by atoms with Crippen molar-refractivity contribution >= 4 is 0 Å². The summed E-state index contributed by atoms with van der Waals surface area (Å²) in [7, 11) is 0. The Balaban J connectivity index is 1.52. The van der Waals surface area contributed by atoms with E-state index in [0.29, 0.717) is 11.8 Å². The fraction of sp³-hybridized carbons (Fsp3) is 0.189. The largest absolute Gasteiger partial charge is 0.288 e. The Bertz CT molecular complexity index is 1300. The molecule has 0 aliphatic carbocycles. The van der Waals surface area contributed by atoms with Gasteiger partial charge < -0.3 is 0 Å². The highest BCUT2D eigenvalue weighted by Crippen LogP contribution is 2.55. The molecule has 0 saturated carbocycles. The number of hydrogen-bond acceptors (Lipinski definition) is 1. The maximum atomic E-state index is 2.83. The SMILES string of the molecule is c1ccc(CCN2C(c3ccccc3)C(c3ccccc3)CC(c3ccccc3)C2c2ccccc2)cc1. The van der Waals surface area contributed by atoms with Crippen molar-refractivity contribution in [2.24, 2.45) is 0 Å². The molecule has 6 rings (SSSR count). The molecule has 5 aromatic carbocycles. The van der Waals surface area contributed by atoms with Crippen molar-refractivity contribution in [1.29, 1.82) is 0 Å². The lowest BCUT2D eigenvalue weighted by Crippen LogP contribution is -2.45. The Hall–Kier alpha value is -3.94. The summed E-state index contributed by atoms with van der Waals surface area (Å²) in [6.07, 6.45) is 2.13. The summed E-state index contributed by atoms with van der Waals surface area (Å²) in [6, 6.07) is 56.4. The summed E-state index contributed by atoms with van der Waals surface area (Å²) in [5.41, 5.74) is 7.06. The van der Waals surface area contributed by atoms with Gasteiger partial charge in [-0.25, -0.2) is 0 Å². The summed E-state index contributed by atoms with van der Waals surface area (Å²) < 4.78 is 0. The monoisotopic (exact) mass is 493 g/mol. The molecule has 4 unspecified atom stereocenters. The standard InChI is InChI=1S/C37H35N/c1-6-16-29(17-7-1)26-27-38-36(32-22-12-4-13-23-32)34(30-18-8-2-9-19-30)28-35(31-20-10-3-11-21-31)37(38)33-24-14-5-15-25-33/h1-25,34-37H,26-28H2. The van der Waals surface area contributed by atoms with Crippen LogP contribution in [0, 0.1) is 0 Å². The molecule has 188 valence electrons.